The Bertz CT molecular complexity index is 385. The first-order chi connectivity index (χ1) is 8.38. The number of hydrogen-bond acceptors (Lipinski definition) is 4. The Hall–Kier alpha value is -1.16. The van der Waals surface area contributed by atoms with Gasteiger partial charge in [-0.15, -0.1) is 0 Å². The van der Waals surface area contributed by atoms with Gasteiger partial charge in [-0.05, 0) is 6.92 Å². The highest BCUT2D eigenvalue weighted by Crippen LogP contribution is 2.24. The first-order valence-corrected chi connectivity index (χ1v) is 6.50. The number of nitrogens with zero attached hydrogens (tertiary/aromatic N) is 2. The Morgan fingerprint density at radius 3 is 2.50 bits per heavy atom. The van der Waals surface area contributed by atoms with Crippen LogP contribution < -0.4 is 5.32 Å². The summed E-state index contributed by atoms with van der Waals surface area (Å²) >= 11 is 0. The Morgan fingerprint density at radius 1 is 1.33 bits per heavy atom. The first-order valence-electron chi connectivity index (χ1n) is 6.50. The number of anilines is 1. The summed E-state index contributed by atoms with van der Waals surface area (Å²) in [6.45, 7) is 12.1. The third kappa shape index (κ3) is 3.95. The van der Waals surface area contributed by atoms with E-state index in [0.29, 0.717) is 6.61 Å². The van der Waals surface area contributed by atoms with Crippen LogP contribution in [-0.2, 0) is 10.2 Å². The minimum absolute atomic E-state index is 0.0225. The summed E-state index contributed by atoms with van der Waals surface area (Å²) in [7, 11) is 1.70. The quantitative estimate of drug-likeness (QED) is 0.874. The molecular formula is C14H25N3O. The van der Waals surface area contributed by atoms with Crippen molar-refractivity contribution in [2.75, 3.05) is 25.6 Å². The van der Waals surface area contributed by atoms with E-state index < -0.39 is 0 Å². The highest BCUT2D eigenvalue weighted by atomic mass is 16.5. The number of methoxy groups -OCH3 is 1. The van der Waals surface area contributed by atoms with Crippen LogP contribution in [0.3, 0.4) is 0 Å². The van der Waals surface area contributed by atoms with Gasteiger partial charge in [0.25, 0.3) is 0 Å². The van der Waals surface area contributed by atoms with Gasteiger partial charge in [-0.3, -0.25) is 0 Å². The van der Waals surface area contributed by atoms with Crippen LogP contribution >= 0.6 is 0 Å². The van der Waals surface area contributed by atoms with Crippen LogP contribution in [0, 0.1) is 0 Å². The van der Waals surface area contributed by atoms with Gasteiger partial charge in [-0.1, -0.05) is 27.7 Å². The van der Waals surface area contributed by atoms with Gasteiger partial charge in [0.2, 0.25) is 0 Å². The van der Waals surface area contributed by atoms with Crippen LogP contribution in [0.2, 0.25) is 0 Å². The van der Waals surface area contributed by atoms with E-state index in [1.54, 1.807) is 7.11 Å². The minimum atomic E-state index is 0.0225. The first kappa shape index (κ1) is 14.9. The van der Waals surface area contributed by atoms with E-state index in [4.69, 9.17) is 4.74 Å². The van der Waals surface area contributed by atoms with Crippen molar-refractivity contribution in [3.05, 3.63) is 17.6 Å². The summed E-state index contributed by atoms with van der Waals surface area (Å²) in [4.78, 5) is 9.23. The molecule has 4 nitrogen and oxygen atoms in total. The number of nitrogens with one attached hydrogen (secondary N) is 1. The molecule has 0 amide bonds. The van der Waals surface area contributed by atoms with Crippen molar-refractivity contribution in [1.82, 2.24) is 9.97 Å². The number of hydrogen-bond donors (Lipinski definition) is 1. The van der Waals surface area contributed by atoms with Crippen LogP contribution in [0.4, 0.5) is 5.82 Å². The zero-order chi connectivity index (χ0) is 13.8. The van der Waals surface area contributed by atoms with Crippen LogP contribution in [-0.4, -0.2) is 30.2 Å². The molecule has 1 heterocycles. The zero-order valence-electron chi connectivity index (χ0n) is 12.4. The Morgan fingerprint density at radius 2 is 2.00 bits per heavy atom. The molecule has 0 aliphatic rings. The maximum Gasteiger partial charge on any atom is 0.136 e. The van der Waals surface area contributed by atoms with Crippen molar-refractivity contribution in [2.24, 2.45) is 0 Å². The highest BCUT2D eigenvalue weighted by molar-refractivity contribution is 5.38. The molecule has 0 saturated carbocycles. The molecule has 1 rings (SSSR count). The molecule has 0 aliphatic heterocycles. The Kier molecular flexibility index (Phi) is 5.08. The largest absolute Gasteiger partial charge is 0.384 e. The van der Waals surface area contributed by atoms with Crippen LogP contribution in [0.1, 0.15) is 52.1 Å². The lowest BCUT2D eigenvalue weighted by Crippen LogP contribution is -2.18. The number of ether oxygens (including phenoxy) is 1. The molecule has 0 fully saturated rings. The molecule has 0 aliphatic carbocycles. The van der Waals surface area contributed by atoms with Crippen molar-refractivity contribution < 1.29 is 4.74 Å². The summed E-state index contributed by atoms with van der Waals surface area (Å²) in [5, 5.41) is 3.27. The van der Waals surface area contributed by atoms with Crippen LogP contribution in [0.25, 0.3) is 0 Å². The monoisotopic (exact) mass is 251 g/mol. The fourth-order valence-electron chi connectivity index (χ4n) is 1.67. The van der Waals surface area contributed by atoms with E-state index in [2.05, 4.69) is 49.9 Å². The molecule has 1 unspecified atom stereocenters. The molecule has 1 aromatic rings. The van der Waals surface area contributed by atoms with Crippen molar-refractivity contribution >= 4 is 5.82 Å². The predicted molar refractivity (Wildman–Crippen MR) is 75.2 cm³/mol. The van der Waals surface area contributed by atoms with Crippen molar-refractivity contribution in [3.63, 3.8) is 0 Å². The molecule has 1 aromatic heterocycles. The van der Waals surface area contributed by atoms with E-state index in [9.17, 15) is 0 Å². The summed E-state index contributed by atoms with van der Waals surface area (Å²) in [5.74, 6) is 1.95. The maximum atomic E-state index is 5.18. The topological polar surface area (TPSA) is 47.0 Å². The average Bonchev–Trinajstić information content (AvgIpc) is 2.28. The van der Waals surface area contributed by atoms with E-state index in [0.717, 1.165) is 23.9 Å². The fourth-order valence-corrected chi connectivity index (χ4v) is 1.67. The van der Waals surface area contributed by atoms with Gasteiger partial charge >= 0.3 is 0 Å². The summed E-state index contributed by atoms with van der Waals surface area (Å²) in [6, 6.07) is 2.03. The molecule has 1 N–H and O–H groups in total. The van der Waals surface area contributed by atoms with Gasteiger partial charge in [0.05, 0.1) is 12.3 Å². The van der Waals surface area contributed by atoms with Gasteiger partial charge in [-0.2, -0.15) is 0 Å². The van der Waals surface area contributed by atoms with Crippen molar-refractivity contribution in [1.29, 1.82) is 0 Å². The summed E-state index contributed by atoms with van der Waals surface area (Å²) in [5.41, 5.74) is 1.08. The molecule has 4 heteroatoms. The highest BCUT2D eigenvalue weighted by Gasteiger charge is 2.19. The second-order valence-electron chi connectivity index (χ2n) is 5.63. The van der Waals surface area contributed by atoms with Crippen LogP contribution in [0.5, 0.6) is 0 Å². The van der Waals surface area contributed by atoms with Gasteiger partial charge < -0.3 is 10.1 Å². The third-order valence-corrected chi connectivity index (χ3v) is 2.73. The molecule has 0 aromatic carbocycles. The molecule has 1 atom stereocenters. The van der Waals surface area contributed by atoms with Gasteiger partial charge in [0.15, 0.2) is 0 Å². The van der Waals surface area contributed by atoms with E-state index in [-0.39, 0.29) is 11.3 Å². The lowest BCUT2D eigenvalue weighted by Gasteiger charge is -2.21. The van der Waals surface area contributed by atoms with Gasteiger partial charge in [0, 0.05) is 31.1 Å². The normalized spacial score (nSPS) is 13.4. The number of rotatable bonds is 5. The van der Waals surface area contributed by atoms with Crippen LogP contribution in [0.15, 0.2) is 6.07 Å². The Labute approximate surface area is 110 Å². The van der Waals surface area contributed by atoms with Gasteiger partial charge in [0.1, 0.15) is 11.6 Å². The SMILES string of the molecule is CCNc1cc(C(C)(C)C)nc(C(C)COC)n1. The standard InChI is InChI=1S/C14H25N3O/c1-7-15-12-8-11(14(3,4)5)16-13(17-12)10(2)9-18-6/h8,10H,7,9H2,1-6H3,(H,15,16,17). The number of aromatic nitrogens is 2. The zero-order valence-corrected chi connectivity index (χ0v) is 12.4. The van der Waals surface area contributed by atoms with Crippen molar-refractivity contribution in [2.45, 2.75) is 46.0 Å². The van der Waals surface area contributed by atoms with Crippen molar-refractivity contribution in [3.8, 4) is 0 Å². The molecule has 0 bridgehead atoms. The second-order valence-corrected chi connectivity index (χ2v) is 5.63. The molecule has 0 spiro atoms. The smallest absolute Gasteiger partial charge is 0.136 e. The summed E-state index contributed by atoms with van der Waals surface area (Å²) < 4.78 is 5.18. The minimum Gasteiger partial charge on any atom is -0.384 e. The molecule has 18 heavy (non-hydrogen) atoms. The van der Waals surface area contributed by atoms with E-state index in [1.807, 2.05) is 6.07 Å². The Balaban J connectivity index is 3.13. The fraction of sp³-hybridized carbons (Fsp3) is 0.714. The average molecular weight is 251 g/mol. The third-order valence-electron chi connectivity index (χ3n) is 2.73. The van der Waals surface area contributed by atoms with Gasteiger partial charge in [-0.25, -0.2) is 9.97 Å². The lowest BCUT2D eigenvalue weighted by atomic mass is 9.91. The molecule has 0 saturated heterocycles. The lowest BCUT2D eigenvalue weighted by molar-refractivity contribution is 0.181. The molecular weight excluding hydrogens is 226 g/mol. The van der Waals surface area contributed by atoms with E-state index >= 15 is 0 Å². The predicted octanol–water partition coefficient (Wildman–Crippen LogP) is 2.96. The molecule has 0 radical (unpaired) electrons. The van der Waals surface area contributed by atoms with E-state index in [1.165, 1.54) is 0 Å². The summed E-state index contributed by atoms with van der Waals surface area (Å²) in [6.07, 6.45) is 0. The second kappa shape index (κ2) is 6.14. The maximum absolute atomic E-state index is 5.18. The molecule has 102 valence electrons.